The molecule has 0 fully saturated rings. The highest BCUT2D eigenvalue weighted by molar-refractivity contribution is 5.87. The number of hydrogen-bond donors (Lipinski definition) is 1. The maximum absolute atomic E-state index is 10.9. The Kier molecular flexibility index (Phi) is 3.50. The molecule has 0 aromatic heterocycles. The average molecular weight is 208 g/mol. The lowest BCUT2D eigenvalue weighted by molar-refractivity contribution is -0.112. The van der Waals surface area contributed by atoms with Crippen molar-refractivity contribution in [3.05, 3.63) is 23.8 Å². The molecule has 15 heavy (non-hydrogen) atoms. The second-order valence-corrected chi connectivity index (χ2v) is 5.12. The first-order valence-corrected chi connectivity index (χ1v) is 5.38. The van der Waals surface area contributed by atoms with Crippen LogP contribution in [-0.4, -0.2) is 17.0 Å². The Labute approximate surface area is 91.7 Å². The van der Waals surface area contributed by atoms with Crippen LogP contribution < -0.4 is 0 Å². The van der Waals surface area contributed by atoms with Crippen molar-refractivity contribution >= 4 is 5.78 Å². The smallest absolute Gasteiger partial charge is 0.152 e. The van der Waals surface area contributed by atoms with Crippen molar-refractivity contribution in [3.63, 3.8) is 0 Å². The van der Waals surface area contributed by atoms with Crippen LogP contribution >= 0.6 is 0 Å². The first kappa shape index (κ1) is 12.2. The van der Waals surface area contributed by atoms with Crippen molar-refractivity contribution in [1.82, 2.24) is 0 Å². The fraction of sp³-hybridized carbons (Fsp3) is 0.615. The van der Waals surface area contributed by atoms with Gasteiger partial charge in [-0.25, -0.2) is 0 Å². The molecular formula is C13H20O2. The van der Waals surface area contributed by atoms with Crippen molar-refractivity contribution < 1.29 is 9.90 Å². The molecule has 0 spiro atoms. The van der Waals surface area contributed by atoms with E-state index in [4.69, 9.17) is 0 Å². The Hall–Kier alpha value is -0.890. The third-order valence-electron chi connectivity index (χ3n) is 3.05. The summed E-state index contributed by atoms with van der Waals surface area (Å²) in [6.45, 7) is 7.82. The summed E-state index contributed by atoms with van der Waals surface area (Å²) >= 11 is 0. The van der Waals surface area contributed by atoms with Gasteiger partial charge in [0.1, 0.15) is 0 Å². The van der Waals surface area contributed by atoms with Crippen LogP contribution in [0.1, 0.15) is 34.1 Å². The van der Waals surface area contributed by atoms with Crippen LogP contribution in [0.25, 0.3) is 0 Å². The molecule has 1 N–H and O–H groups in total. The van der Waals surface area contributed by atoms with Gasteiger partial charge in [-0.3, -0.25) is 4.79 Å². The van der Waals surface area contributed by atoms with Gasteiger partial charge in [0, 0.05) is 5.92 Å². The average Bonchev–Trinajstić information content (AvgIpc) is 1.98. The maximum atomic E-state index is 10.9. The number of carbonyl (C=O) groups excluding carboxylic acids is 1. The van der Waals surface area contributed by atoms with Crippen molar-refractivity contribution in [3.8, 4) is 0 Å². The van der Waals surface area contributed by atoms with Gasteiger partial charge in [-0.15, -0.1) is 0 Å². The van der Waals surface area contributed by atoms with E-state index in [2.05, 4.69) is 13.8 Å². The lowest BCUT2D eigenvalue weighted by atomic mass is 9.68. The number of allylic oxidation sites excluding steroid dienone is 3. The predicted molar refractivity (Wildman–Crippen MR) is 61.5 cm³/mol. The van der Waals surface area contributed by atoms with Crippen LogP contribution in [-0.2, 0) is 4.79 Å². The summed E-state index contributed by atoms with van der Waals surface area (Å²) in [7, 11) is 0. The molecule has 0 radical (unpaired) electrons. The van der Waals surface area contributed by atoms with Crippen LogP contribution in [0.2, 0.25) is 0 Å². The van der Waals surface area contributed by atoms with E-state index < -0.39 is 0 Å². The van der Waals surface area contributed by atoms with Crippen molar-refractivity contribution in [2.24, 2.45) is 11.3 Å². The molecule has 0 amide bonds. The van der Waals surface area contributed by atoms with Gasteiger partial charge in [0.15, 0.2) is 5.78 Å². The van der Waals surface area contributed by atoms with Gasteiger partial charge in [0.05, 0.1) is 6.10 Å². The zero-order chi connectivity index (χ0) is 11.6. The van der Waals surface area contributed by atoms with Gasteiger partial charge in [-0.1, -0.05) is 31.6 Å². The first-order valence-electron chi connectivity index (χ1n) is 5.38. The Balaban J connectivity index is 2.94. The van der Waals surface area contributed by atoms with E-state index in [-0.39, 0.29) is 23.2 Å². The number of carbonyl (C=O) groups is 1. The lowest BCUT2D eigenvalue weighted by Crippen LogP contribution is -2.32. The van der Waals surface area contributed by atoms with Crippen molar-refractivity contribution in [2.75, 3.05) is 0 Å². The summed E-state index contributed by atoms with van der Waals surface area (Å²) in [6, 6.07) is 0. The van der Waals surface area contributed by atoms with Crippen molar-refractivity contribution in [1.29, 1.82) is 0 Å². The van der Waals surface area contributed by atoms with Gasteiger partial charge in [-0.2, -0.15) is 0 Å². The standard InChI is InChI=1S/C13H20O2/c1-9-7-11(15)8-13(3,4)12(9)6-5-10(2)14/h5-7,11-12,15H,8H2,1-4H3/b6-5+. The predicted octanol–water partition coefficient (Wildman–Crippen LogP) is 2.48. The molecule has 2 nitrogen and oxygen atoms in total. The van der Waals surface area contributed by atoms with Gasteiger partial charge in [0.25, 0.3) is 0 Å². The highest BCUT2D eigenvalue weighted by atomic mass is 16.3. The Bertz CT molecular complexity index is 310. The minimum absolute atomic E-state index is 0.0181. The molecule has 0 aliphatic heterocycles. The first-order chi connectivity index (χ1) is 6.83. The summed E-state index contributed by atoms with van der Waals surface area (Å²) < 4.78 is 0. The molecule has 0 aromatic carbocycles. The van der Waals surface area contributed by atoms with E-state index in [1.54, 1.807) is 13.0 Å². The number of ketones is 1. The fourth-order valence-corrected chi connectivity index (χ4v) is 2.39. The Morgan fingerprint density at radius 3 is 2.67 bits per heavy atom. The quantitative estimate of drug-likeness (QED) is 0.559. The molecule has 2 unspecified atom stereocenters. The molecule has 0 saturated carbocycles. The van der Waals surface area contributed by atoms with Gasteiger partial charge >= 0.3 is 0 Å². The Morgan fingerprint density at radius 2 is 2.20 bits per heavy atom. The minimum atomic E-state index is -0.345. The summed E-state index contributed by atoms with van der Waals surface area (Å²) in [6.07, 6.45) is 5.88. The molecular weight excluding hydrogens is 188 g/mol. The highest BCUT2D eigenvalue weighted by Crippen LogP contribution is 2.41. The van der Waals surface area contributed by atoms with E-state index in [0.717, 1.165) is 12.0 Å². The monoisotopic (exact) mass is 208 g/mol. The highest BCUT2D eigenvalue weighted by Gasteiger charge is 2.34. The van der Waals surface area contributed by atoms with Gasteiger partial charge in [0.2, 0.25) is 0 Å². The van der Waals surface area contributed by atoms with Crippen LogP contribution in [0.15, 0.2) is 23.8 Å². The SMILES string of the molecule is CC(=O)/C=C/C1C(C)=CC(O)CC1(C)C. The normalized spacial score (nSPS) is 30.3. The zero-order valence-corrected chi connectivity index (χ0v) is 9.95. The van der Waals surface area contributed by atoms with Crippen LogP contribution in [0, 0.1) is 11.3 Å². The van der Waals surface area contributed by atoms with Crippen LogP contribution in [0.5, 0.6) is 0 Å². The number of aliphatic hydroxyl groups is 1. The summed E-state index contributed by atoms with van der Waals surface area (Å²) in [4.78, 5) is 10.9. The van der Waals surface area contributed by atoms with E-state index >= 15 is 0 Å². The van der Waals surface area contributed by atoms with E-state index in [1.165, 1.54) is 0 Å². The number of rotatable bonds is 2. The second-order valence-electron chi connectivity index (χ2n) is 5.12. The molecule has 0 saturated heterocycles. The molecule has 1 aliphatic rings. The maximum Gasteiger partial charge on any atom is 0.152 e. The molecule has 1 aliphatic carbocycles. The van der Waals surface area contributed by atoms with E-state index in [0.29, 0.717) is 0 Å². The number of aliphatic hydroxyl groups excluding tert-OH is 1. The lowest BCUT2D eigenvalue weighted by Gasteiger charge is -2.38. The Morgan fingerprint density at radius 1 is 1.60 bits per heavy atom. The van der Waals surface area contributed by atoms with Crippen LogP contribution in [0.3, 0.4) is 0 Å². The third-order valence-corrected chi connectivity index (χ3v) is 3.05. The topological polar surface area (TPSA) is 37.3 Å². The van der Waals surface area contributed by atoms with Crippen LogP contribution in [0.4, 0.5) is 0 Å². The summed E-state index contributed by atoms with van der Waals surface area (Å²) in [5.74, 6) is 0.328. The summed E-state index contributed by atoms with van der Waals surface area (Å²) in [5.41, 5.74) is 1.17. The molecule has 1 rings (SSSR count). The summed E-state index contributed by atoms with van der Waals surface area (Å²) in [5, 5.41) is 9.64. The van der Waals surface area contributed by atoms with E-state index in [1.807, 2.05) is 19.1 Å². The van der Waals surface area contributed by atoms with Crippen molar-refractivity contribution in [2.45, 2.75) is 40.2 Å². The van der Waals surface area contributed by atoms with E-state index in [9.17, 15) is 9.90 Å². The third kappa shape index (κ3) is 3.03. The molecule has 0 bridgehead atoms. The molecule has 2 heteroatoms. The number of hydrogen-bond acceptors (Lipinski definition) is 2. The molecule has 0 heterocycles. The van der Waals surface area contributed by atoms with Gasteiger partial charge in [-0.05, 0) is 31.8 Å². The minimum Gasteiger partial charge on any atom is -0.389 e. The molecule has 84 valence electrons. The fourth-order valence-electron chi connectivity index (χ4n) is 2.39. The largest absolute Gasteiger partial charge is 0.389 e. The zero-order valence-electron chi connectivity index (χ0n) is 9.95. The second kappa shape index (κ2) is 4.31. The van der Waals surface area contributed by atoms with Gasteiger partial charge < -0.3 is 5.11 Å². The molecule has 0 aromatic rings. The molecule has 2 atom stereocenters.